The number of aromatic nitrogens is 2. The molecule has 0 bridgehead atoms. The summed E-state index contributed by atoms with van der Waals surface area (Å²) in [5.41, 5.74) is 4.88. The first-order chi connectivity index (χ1) is 17.9. The molecule has 1 aromatic carbocycles. The third-order valence-corrected chi connectivity index (χ3v) is 9.05. The smallest absolute Gasteiger partial charge is 0.354 e. The molecule has 11 heteroatoms. The number of pyridine rings is 2. The Hall–Kier alpha value is -3.21. The molecule has 1 atom stereocenters. The Balaban J connectivity index is 1.38. The van der Waals surface area contributed by atoms with Gasteiger partial charge in [-0.15, -0.1) is 0 Å². The molecule has 1 aliphatic carbocycles. The number of hydrogen-bond acceptors (Lipinski definition) is 6. The Kier molecular flexibility index (Phi) is 6.83. The number of carbonyl (C=O) groups is 1. The quantitative estimate of drug-likeness (QED) is 0.442. The lowest BCUT2D eigenvalue weighted by molar-refractivity contribution is -0.190. The molecule has 5 rings (SSSR count). The van der Waals surface area contributed by atoms with Crippen molar-refractivity contribution in [3.05, 3.63) is 59.4 Å². The van der Waals surface area contributed by atoms with Crippen LogP contribution in [0.1, 0.15) is 54.5 Å². The SMILES string of the molecule is Cc1ccc2ncc(Nc3ccc([C@H](N(C)C(=O)C4CCS(=O)(=O)CC4)C(F)(F)F)cc3)c(C3CC3)c2n1. The summed E-state index contributed by atoms with van der Waals surface area (Å²) in [5.74, 6) is -1.44. The molecule has 202 valence electrons. The van der Waals surface area contributed by atoms with Crippen molar-refractivity contribution < 1.29 is 26.4 Å². The van der Waals surface area contributed by atoms with E-state index in [1.807, 2.05) is 19.1 Å². The highest BCUT2D eigenvalue weighted by Gasteiger charge is 2.46. The fourth-order valence-electron chi connectivity index (χ4n) is 5.16. The third kappa shape index (κ3) is 5.48. The van der Waals surface area contributed by atoms with Crippen LogP contribution in [-0.4, -0.2) is 53.9 Å². The van der Waals surface area contributed by atoms with Crippen LogP contribution in [0.15, 0.2) is 42.6 Å². The van der Waals surface area contributed by atoms with Crippen LogP contribution < -0.4 is 5.32 Å². The highest BCUT2D eigenvalue weighted by Crippen LogP contribution is 2.46. The second-order valence-corrected chi connectivity index (χ2v) is 12.6. The van der Waals surface area contributed by atoms with Gasteiger partial charge in [0.2, 0.25) is 5.91 Å². The fraction of sp³-hybridized carbons (Fsp3) is 0.444. The molecule has 0 spiro atoms. The van der Waals surface area contributed by atoms with Crippen LogP contribution in [0, 0.1) is 12.8 Å². The average Bonchev–Trinajstić information content (AvgIpc) is 3.69. The summed E-state index contributed by atoms with van der Waals surface area (Å²) in [6, 6.07) is 7.55. The molecule has 7 nitrogen and oxygen atoms in total. The summed E-state index contributed by atoms with van der Waals surface area (Å²) in [4.78, 5) is 22.8. The molecule has 2 aliphatic rings. The van der Waals surface area contributed by atoms with E-state index in [9.17, 15) is 26.4 Å². The average molecular weight is 547 g/mol. The topological polar surface area (TPSA) is 92.3 Å². The number of aryl methyl sites for hydroxylation is 1. The largest absolute Gasteiger partial charge is 0.413 e. The molecule has 0 radical (unpaired) electrons. The van der Waals surface area contributed by atoms with Gasteiger partial charge in [-0.2, -0.15) is 13.2 Å². The Labute approximate surface area is 219 Å². The van der Waals surface area contributed by atoms with Gasteiger partial charge < -0.3 is 10.2 Å². The van der Waals surface area contributed by atoms with Gasteiger partial charge in [-0.3, -0.25) is 14.8 Å². The molecule has 1 saturated heterocycles. The fourth-order valence-corrected chi connectivity index (χ4v) is 6.65. The van der Waals surface area contributed by atoms with Crippen molar-refractivity contribution in [3.8, 4) is 0 Å². The molecular weight excluding hydrogens is 517 g/mol. The Bertz CT molecular complexity index is 1460. The number of amides is 1. The zero-order valence-electron chi connectivity index (χ0n) is 21.1. The first-order valence-corrected chi connectivity index (χ1v) is 14.4. The maximum Gasteiger partial charge on any atom is 0.413 e. The standard InChI is InChI=1S/C27H29F3N4O3S/c1-16-3-10-21-24(32-16)23(17-4-5-17)22(15-31-21)33-20-8-6-18(7-9-20)25(27(28,29)30)34(2)26(35)19-11-13-38(36,37)14-12-19/h3,6-10,15,17,19,25,33H,4-5,11-14H2,1-2H3/t25-/m0/s1. The van der Waals surface area contributed by atoms with Gasteiger partial charge in [0.15, 0.2) is 6.04 Å². The molecule has 0 unspecified atom stereocenters. The van der Waals surface area contributed by atoms with Crippen LogP contribution >= 0.6 is 0 Å². The Morgan fingerprint density at radius 2 is 1.71 bits per heavy atom. The normalized spacial score (nSPS) is 18.8. The number of nitrogens with zero attached hydrogens (tertiary/aromatic N) is 3. The number of fused-ring (bicyclic) bond motifs is 1. The van der Waals surface area contributed by atoms with Crippen molar-refractivity contribution in [1.29, 1.82) is 0 Å². The van der Waals surface area contributed by atoms with Gasteiger partial charge in [0.25, 0.3) is 0 Å². The van der Waals surface area contributed by atoms with Gasteiger partial charge in [0.05, 0.1) is 34.4 Å². The minimum Gasteiger partial charge on any atom is -0.354 e. The minimum absolute atomic E-state index is 0.0381. The summed E-state index contributed by atoms with van der Waals surface area (Å²) in [6.07, 6.45) is -0.806. The van der Waals surface area contributed by atoms with Gasteiger partial charge in [0, 0.05) is 29.9 Å². The molecule has 3 aromatic rings. The number of carbonyl (C=O) groups excluding carboxylic acids is 1. The van der Waals surface area contributed by atoms with E-state index < -0.39 is 33.9 Å². The lowest BCUT2D eigenvalue weighted by atomic mass is 9.98. The van der Waals surface area contributed by atoms with Crippen LogP contribution in [-0.2, 0) is 14.6 Å². The summed E-state index contributed by atoms with van der Waals surface area (Å²) in [5, 5.41) is 3.30. The van der Waals surface area contributed by atoms with Crippen LogP contribution in [0.3, 0.4) is 0 Å². The predicted octanol–water partition coefficient (Wildman–Crippen LogP) is 5.45. The number of alkyl halides is 3. The van der Waals surface area contributed by atoms with Gasteiger partial charge in [-0.25, -0.2) is 8.42 Å². The van der Waals surface area contributed by atoms with Crippen LogP contribution in [0.2, 0.25) is 0 Å². The number of nitrogens with one attached hydrogen (secondary N) is 1. The first kappa shape index (κ1) is 26.4. The van der Waals surface area contributed by atoms with Gasteiger partial charge in [0.1, 0.15) is 9.84 Å². The number of hydrogen-bond donors (Lipinski definition) is 1. The Morgan fingerprint density at radius 3 is 2.32 bits per heavy atom. The number of sulfone groups is 1. The summed E-state index contributed by atoms with van der Waals surface area (Å²) < 4.78 is 65.9. The van der Waals surface area contributed by atoms with Crippen molar-refractivity contribution in [2.45, 2.75) is 50.7 Å². The van der Waals surface area contributed by atoms with Crippen LogP contribution in [0.25, 0.3) is 11.0 Å². The molecule has 2 aromatic heterocycles. The summed E-state index contributed by atoms with van der Waals surface area (Å²) >= 11 is 0. The van der Waals surface area contributed by atoms with Crippen molar-refractivity contribution in [2.75, 3.05) is 23.9 Å². The zero-order chi connectivity index (χ0) is 27.2. The second kappa shape index (κ2) is 9.83. The second-order valence-electron chi connectivity index (χ2n) is 10.2. The van der Waals surface area contributed by atoms with Gasteiger partial charge in [-0.1, -0.05) is 12.1 Å². The number of anilines is 2. The van der Waals surface area contributed by atoms with E-state index in [1.54, 1.807) is 18.3 Å². The van der Waals surface area contributed by atoms with Crippen molar-refractivity contribution >= 4 is 38.2 Å². The van der Waals surface area contributed by atoms with Crippen molar-refractivity contribution in [3.63, 3.8) is 0 Å². The molecule has 38 heavy (non-hydrogen) atoms. The molecule has 1 saturated carbocycles. The van der Waals surface area contributed by atoms with E-state index >= 15 is 0 Å². The van der Waals surface area contributed by atoms with Gasteiger partial charge >= 0.3 is 6.18 Å². The minimum atomic E-state index is -4.70. The highest BCUT2D eigenvalue weighted by atomic mass is 32.2. The van der Waals surface area contributed by atoms with E-state index in [2.05, 4.69) is 15.3 Å². The first-order valence-electron chi connectivity index (χ1n) is 12.6. The van der Waals surface area contributed by atoms with Crippen molar-refractivity contribution in [2.24, 2.45) is 5.92 Å². The van der Waals surface area contributed by atoms with Crippen molar-refractivity contribution in [1.82, 2.24) is 14.9 Å². The lowest BCUT2D eigenvalue weighted by Crippen LogP contribution is -2.44. The maximum atomic E-state index is 14.2. The number of rotatable bonds is 6. The molecular formula is C27H29F3N4O3S. The maximum absolute atomic E-state index is 14.2. The molecule has 3 heterocycles. The monoisotopic (exact) mass is 546 g/mol. The molecule has 1 aliphatic heterocycles. The lowest BCUT2D eigenvalue weighted by Gasteiger charge is -2.34. The molecule has 1 amide bonds. The van der Waals surface area contributed by atoms with E-state index in [4.69, 9.17) is 0 Å². The van der Waals surface area contributed by atoms with Crippen LogP contribution in [0.4, 0.5) is 24.5 Å². The predicted molar refractivity (Wildman–Crippen MR) is 139 cm³/mol. The summed E-state index contributed by atoms with van der Waals surface area (Å²) in [7, 11) is -2.10. The zero-order valence-corrected chi connectivity index (χ0v) is 21.9. The van der Waals surface area contributed by atoms with Gasteiger partial charge in [-0.05, 0) is 68.4 Å². The highest BCUT2D eigenvalue weighted by molar-refractivity contribution is 7.91. The van der Waals surface area contributed by atoms with E-state index in [1.165, 1.54) is 12.1 Å². The number of benzene rings is 1. The van der Waals surface area contributed by atoms with E-state index in [0.717, 1.165) is 47.9 Å². The summed E-state index contributed by atoms with van der Waals surface area (Å²) in [6.45, 7) is 1.92. The number of halogens is 3. The van der Waals surface area contributed by atoms with Crippen LogP contribution in [0.5, 0.6) is 0 Å². The van der Waals surface area contributed by atoms with E-state index in [0.29, 0.717) is 16.5 Å². The van der Waals surface area contributed by atoms with E-state index in [-0.39, 0.29) is 29.9 Å². The third-order valence-electron chi connectivity index (χ3n) is 7.33. The molecule has 1 N–H and O–H groups in total. The molecule has 2 fully saturated rings. The Morgan fingerprint density at radius 1 is 1.05 bits per heavy atom.